The summed E-state index contributed by atoms with van der Waals surface area (Å²) in [5.41, 5.74) is 1.07. The van der Waals surface area contributed by atoms with Gasteiger partial charge in [0.25, 0.3) is 0 Å². The van der Waals surface area contributed by atoms with Gasteiger partial charge in [-0.3, -0.25) is 0 Å². The molecule has 0 saturated heterocycles. The van der Waals surface area contributed by atoms with Crippen LogP contribution in [-0.2, 0) is 0 Å². The summed E-state index contributed by atoms with van der Waals surface area (Å²) in [4.78, 5) is 4.12. The zero-order valence-electron chi connectivity index (χ0n) is 18.3. The second-order valence-corrected chi connectivity index (χ2v) is 11.6. The molecule has 9 atom stereocenters. The van der Waals surface area contributed by atoms with Crippen LogP contribution in [0, 0.1) is 46.3 Å². The van der Waals surface area contributed by atoms with E-state index in [4.69, 9.17) is 12.2 Å². The molecule has 158 valence electrons. The van der Waals surface area contributed by atoms with E-state index in [0.29, 0.717) is 10.8 Å². The Bertz CT molecular complexity index is 616. The molecule has 4 saturated carbocycles. The highest BCUT2D eigenvalue weighted by atomic mass is 32.1. The molecule has 0 radical (unpaired) electrons. The fourth-order valence-corrected chi connectivity index (χ4v) is 9.04. The summed E-state index contributed by atoms with van der Waals surface area (Å²) in [6.07, 6.45) is 14.4. The van der Waals surface area contributed by atoms with E-state index in [1.807, 2.05) is 0 Å². The molecule has 4 rings (SSSR count). The zero-order chi connectivity index (χ0) is 19.9. The molecule has 2 nitrogen and oxygen atoms in total. The van der Waals surface area contributed by atoms with E-state index in [-0.39, 0.29) is 6.10 Å². The van der Waals surface area contributed by atoms with E-state index in [1.165, 1.54) is 51.4 Å². The van der Waals surface area contributed by atoms with Crippen LogP contribution in [0.5, 0.6) is 0 Å². The fraction of sp³-hybridized carbons (Fsp3) is 0.960. The van der Waals surface area contributed by atoms with Crippen molar-refractivity contribution in [2.24, 2.45) is 51.3 Å². The van der Waals surface area contributed by atoms with Crippen molar-refractivity contribution in [3.63, 3.8) is 0 Å². The first-order chi connectivity index (χ1) is 13.4. The minimum atomic E-state index is -0.0252. The smallest absolute Gasteiger partial charge is 0.0584 e. The average molecular weight is 404 g/mol. The van der Waals surface area contributed by atoms with E-state index < -0.39 is 0 Å². The van der Waals surface area contributed by atoms with E-state index in [0.717, 1.165) is 61.3 Å². The lowest BCUT2D eigenvalue weighted by atomic mass is 9.44. The lowest BCUT2D eigenvalue weighted by molar-refractivity contribution is -0.129. The van der Waals surface area contributed by atoms with Gasteiger partial charge in [0, 0.05) is 6.54 Å². The number of hydrogen-bond donors (Lipinski definition) is 1. The maximum Gasteiger partial charge on any atom is 0.0584 e. The average Bonchev–Trinajstić information content (AvgIpc) is 3.03. The molecule has 4 aliphatic carbocycles. The minimum absolute atomic E-state index is 0.0252. The lowest BCUT2D eigenvalue weighted by Crippen LogP contribution is -2.54. The largest absolute Gasteiger partial charge is 0.393 e. The molecule has 4 fully saturated rings. The summed E-state index contributed by atoms with van der Waals surface area (Å²) < 4.78 is 0. The summed E-state index contributed by atoms with van der Waals surface area (Å²) in [5, 5.41) is 12.8. The Kier molecular flexibility index (Phi) is 6.09. The second-order valence-electron chi connectivity index (χ2n) is 11.4. The van der Waals surface area contributed by atoms with Gasteiger partial charge in [0.2, 0.25) is 0 Å². The monoisotopic (exact) mass is 403 g/mol. The van der Waals surface area contributed by atoms with Crippen LogP contribution in [0.25, 0.3) is 0 Å². The Labute approximate surface area is 178 Å². The highest BCUT2D eigenvalue weighted by Crippen LogP contribution is 2.68. The number of thiocarbonyl (C=S) groups is 1. The molecule has 3 heteroatoms. The molecule has 0 heterocycles. The molecule has 1 N–H and O–H groups in total. The van der Waals surface area contributed by atoms with E-state index in [1.54, 1.807) is 0 Å². The Morgan fingerprint density at radius 3 is 2.57 bits per heavy atom. The number of rotatable bonds is 5. The minimum Gasteiger partial charge on any atom is -0.393 e. The molecule has 0 unspecified atom stereocenters. The first kappa shape index (κ1) is 21.0. The molecular weight excluding hydrogens is 362 g/mol. The molecule has 0 amide bonds. The van der Waals surface area contributed by atoms with Gasteiger partial charge in [-0.2, -0.15) is 0 Å². The Morgan fingerprint density at radius 1 is 1.04 bits per heavy atom. The molecule has 0 spiro atoms. The first-order valence-corrected chi connectivity index (χ1v) is 12.5. The first-order valence-electron chi connectivity index (χ1n) is 12.1. The van der Waals surface area contributed by atoms with Crippen molar-refractivity contribution in [1.29, 1.82) is 0 Å². The summed E-state index contributed by atoms with van der Waals surface area (Å²) >= 11 is 4.71. The fourth-order valence-electron chi connectivity index (χ4n) is 8.95. The van der Waals surface area contributed by atoms with Crippen LogP contribution >= 0.6 is 12.2 Å². The molecule has 0 aliphatic heterocycles. The Hall–Kier alpha value is -0.240. The molecule has 0 aromatic heterocycles. The van der Waals surface area contributed by atoms with Crippen molar-refractivity contribution < 1.29 is 5.11 Å². The van der Waals surface area contributed by atoms with Gasteiger partial charge in [0.15, 0.2) is 0 Å². The maximum atomic E-state index is 10.2. The number of nitrogens with zero attached hydrogens (tertiary/aromatic N) is 1. The standard InChI is InChI=1S/C25H41NOS/c1-17(5-4-14-26-16-28)21-8-9-22-20-7-6-18-15-19(27)10-12-24(18,2)23(20)11-13-25(21,22)3/h17-23,27H,4-15H2,1-3H3/t17-,18+,19+,20-,21+,22-,23-,24-,25+/m0/s1. The zero-order valence-corrected chi connectivity index (χ0v) is 19.1. The molecule has 4 aliphatic rings. The molecular formula is C25H41NOS. The second kappa shape index (κ2) is 8.12. The van der Waals surface area contributed by atoms with Gasteiger partial charge in [-0.05, 0) is 129 Å². The van der Waals surface area contributed by atoms with Gasteiger partial charge in [-0.15, -0.1) is 0 Å². The molecule has 28 heavy (non-hydrogen) atoms. The third-order valence-corrected chi connectivity index (χ3v) is 10.5. The third-order valence-electron chi connectivity index (χ3n) is 10.4. The number of aliphatic imine (C=N–C) groups is 1. The van der Waals surface area contributed by atoms with Gasteiger partial charge in [0.1, 0.15) is 0 Å². The quantitative estimate of drug-likeness (QED) is 0.322. The number of aliphatic hydroxyl groups is 1. The van der Waals surface area contributed by atoms with Crippen molar-refractivity contribution in [3.8, 4) is 0 Å². The third kappa shape index (κ3) is 3.44. The predicted molar refractivity (Wildman–Crippen MR) is 120 cm³/mol. The van der Waals surface area contributed by atoms with E-state index in [2.05, 4.69) is 30.9 Å². The predicted octanol–water partition coefficient (Wildman–Crippen LogP) is 6.53. The van der Waals surface area contributed by atoms with Gasteiger partial charge in [-0.1, -0.05) is 20.8 Å². The van der Waals surface area contributed by atoms with Crippen LogP contribution in [0.4, 0.5) is 0 Å². The SMILES string of the molecule is C[C@@H](CCCN=C=S)[C@H]1CC[C@H]2[C@@H]3CC[C@@H]4C[C@H](O)CC[C@]4(C)[C@H]3CC[C@]12C. The van der Waals surface area contributed by atoms with Crippen molar-refractivity contribution >= 4 is 17.4 Å². The van der Waals surface area contributed by atoms with Crippen LogP contribution in [0.1, 0.15) is 91.4 Å². The number of isothiocyanates is 1. The van der Waals surface area contributed by atoms with Gasteiger partial charge in [0.05, 0.1) is 11.3 Å². The van der Waals surface area contributed by atoms with Crippen LogP contribution in [0.15, 0.2) is 4.99 Å². The van der Waals surface area contributed by atoms with Crippen molar-refractivity contribution in [3.05, 3.63) is 0 Å². The highest BCUT2D eigenvalue weighted by Gasteiger charge is 2.60. The van der Waals surface area contributed by atoms with E-state index >= 15 is 0 Å². The maximum absolute atomic E-state index is 10.2. The molecule has 0 bridgehead atoms. The number of aliphatic hydroxyl groups excluding tert-OH is 1. The topological polar surface area (TPSA) is 32.6 Å². The van der Waals surface area contributed by atoms with Crippen molar-refractivity contribution in [2.45, 2.75) is 97.5 Å². The van der Waals surface area contributed by atoms with E-state index in [9.17, 15) is 5.11 Å². The summed E-state index contributed by atoms with van der Waals surface area (Å²) in [6, 6.07) is 0. The van der Waals surface area contributed by atoms with Crippen LogP contribution < -0.4 is 0 Å². The highest BCUT2D eigenvalue weighted by molar-refractivity contribution is 7.78. The number of fused-ring (bicyclic) bond motifs is 5. The summed E-state index contributed by atoms with van der Waals surface area (Å²) in [6.45, 7) is 8.63. The Morgan fingerprint density at radius 2 is 1.79 bits per heavy atom. The summed E-state index contributed by atoms with van der Waals surface area (Å²) in [5.74, 6) is 5.30. The van der Waals surface area contributed by atoms with Crippen molar-refractivity contribution in [2.75, 3.05) is 6.54 Å². The van der Waals surface area contributed by atoms with Gasteiger partial charge in [-0.25, -0.2) is 4.99 Å². The van der Waals surface area contributed by atoms with Crippen LogP contribution in [0.2, 0.25) is 0 Å². The van der Waals surface area contributed by atoms with Crippen LogP contribution in [0.3, 0.4) is 0 Å². The molecule has 0 aromatic carbocycles. The lowest BCUT2D eigenvalue weighted by Gasteiger charge is -2.61. The Balaban J connectivity index is 1.47. The molecule has 0 aromatic rings. The van der Waals surface area contributed by atoms with Gasteiger partial charge >= 0.3 is 0 Å². The van der Waals surface area contributed by atoms with Crippen LogP contribution in [-0.4, -0.2) is 22.9 Å². The van der Waals surface area contributed by atoms with Crippen molar-refractivity contribution in [1.82, 2.24) is 0 Å². The number of hydrogen-bond acceptors (Lipinski definition) is 3. The van der Waals surface area contributed by atoms with Gasteiger partial charge < -0.3 is 5.11 Å². The summed E-state index contributed by atoms with van der Waals surface area (Å²) in [7, 11) is 0. The normalized spacial score (nSPS) is 48.7.